The van der Waals surface area contributed by atoms with Crippen molar-refractivity contribution in [2.75, 3.05) is 7.11 Å². The van der Waals surface area contributed by atoms with Gasteiger partial charge in [-0.1, -0.05) is 17.3 Å². The van der Waals surface area contributed by atoms with Gasteiger partial charge < -0.3 is 9.94 Å². The lowest BCUT2D eigenvalue weighted by molar-refractivity contribution is 0.316. The highest BCUT2D eigenvalue weighted by Gasteiger charge is 2.40. The monoisotopic (exact) mass is 205 g/mol. The van der Waals surface area contributed by atoms with E-state index in [2.05, 4.69) is 17.3 Å². The second-order valence-corrected chi connectivity index (χ2v) is 3.96. The number of benzene rings is 1. The Balaban J connectivity index is 2.07. The van der Waals surface area contributed by atoms with Crippen LogP contribution < -0.4 is 4.74 Å². The summed E-state index contributed by atoms with van der Waals surface area (Å²) in [6.45, 7) is 1.87. The number of hydrogen-bond donors (Lipinski definition) is 1. The van der Waals surface area contributed by atoms with E-state index in [1.165, 1.54) is 5.56 Å². The molecule has 1 aromatic carbocycles. The molecular formula is C12H15NO2. The molecule has 3 heteroatoms. The minimum absolute atomic E-state index is 0.420. The molecule has 1 N–H and O–H groups in total. The molecule has 2 atom stereocenters. The fourth-order valence-corrected chi connectivity index (χ4v) is 1.95. The average molecular weight is 205 g/mol. The Morgan fingerprint density at radius 3 is 2.60 bits per heavy atom. The Labute approximate surface area is 89.4 Å². The van der Waals surface area contributed by atoms with Crippen LogP contribution in [0.3, 0.4) is 0 Å². The van der Waals surface area contributed by atoms with E-state index in [4.69, 9.17) is 9.94 Å². The van der Waals surface area contributed by atoms with Crippen LogP contribution in [0.4, 0.5) is 0 Å². The van der Waals surface area contributed by atoms with Gasteiger partial charge in [0.15, 0.2) is 0 Å². The maximum atomic E-state index is 8.66. The first kappa shape index (κ1) is 10.0. The van der Waals surface area contributed by atoms with E-state index in [0.717, 1.165) is 17.9 Å². The van der Waals surface area contributed by atoms with Crippen molar-refractivity contribution in [2.24, 2.45) is 11.1 Å². The fraction of sp³-hybridized carbons (Fsp3) is 0.417. The zero-order chi connectivity index (χ0) is 10.8. The van der Waals surface area contributed by atoms with E-state index >= 15 is 0 Å². The van der Waals surface area contributed by atoms with Gasteiger partial charge in [-0.3, -0.25) is 0 Å². The van der Waals surface area contributed by atoms with Gasteiger partial charge in [0.25, 0.3) is 0 Å². The van der Waals surface area contributed by atoms with E-state index in [-0.39, 0.29) is 0 Å². The summed E-state index contributed by atoms with van der Waals surface area (Å²) in [6, 6.07) is 8.09. The number of methoxy groups -OCH3 is 1. The predicted octanol–water partition coefficient (Wildman–Crippen LogP) is 2.65. The lowest BCUT2D eigenvalue weighted by Gasteiger charge is -2.02. The highest BCUT2D eigenvalue weighted by molar-refractivity contribution is 5.87. The van der Waals surface area contributed by atoms with Gasteiger partial charge in [-0.15, -0.1) is 0 Å². The van der Waals surface area contributed by atoms with Crippen LogP contribution in [0.25, 0.3) is 0 Å². The van der Waals surface area contributed by atoms with E-state index in [0.29, 0.717) is 11.8 Å². The van der Waals surface area contributed by atoms with Crippen molar-refractivity contribution in [2.45, 2.75) is 19.3 Å². The van der Waals surface area contributed by atoms with Crippen molar-refractivity contribution in [3.05, 3.63) is 29.8 Å². The summed E-state index contributed by atoms with van der Waals surface area (Å²) in [6.07, 6.45) is 1.09. The zero-order valence-electron chi connectivity index (χ0n) is 8.97. The van der Waals surface area contributed by atoms with Gasteiger partial charge in [0.05, 0.1) is 12.8 Å². The highest BCUT2D eigenvalue weighted by atomic mass is 16.5. The standard InChI is InChI=1S/C12H15NO2/c1-8(13-14)11-7-12(11)9-3-5-10(15-2)6-4-9/h3-6,11-12,14H,7H2,1-2H3/b13-8-/t11-,12-/m1/s1. The van der Waals surface area contributed by atoms with E-state index in [1.54, 1.807) is 7.11 Å². The third-order valence-electron chi connectivity index (χ3n) is 3.03. The quantitative estimate of drug-likeness (QED) is 0.468. The minimum atomic E-state index is 0.420. The molecule has 1 aliphatic carbocycles. The van der Waals surface area contributed by atoms with Crippen molar-refractivity contribution in [1.82, 2.24) is 0 Å². The molecule has 0 bridgehead atoms. The Bertz CT molecular complexity index is 370. The Kier molecular flexibility index (Phi) is 2.62. The van der Waals surface area contributed by atoms with Crippen LogP contribution in [0.15, 0.2) is 29.4 Å². The minimum Gasteiger partial charge on any atom is -0.497 e. The molecule has 15 heavy (non-hydrogen) atoms. The number of hydrogen-bond acceptors (Lipinski definition) is 3. The van der Waals surface area contributed by atoms with Crippen molar-refractivity contribution in [3.63, 3.8) is 0 Å². The van der Waals surface area contributed by atoms with Crippen LogP contribution in [-0.4, -0.2) is 18.0 Å². The van der Waals surface area contributed by atoms with Crippen LogP contribution in [0.2, 0.25) is 0 Å². The molecule has 2 rings (SSSR count). The molecule has 0 radical (unpaired) electrons. The van der Waals surface area contributed by atoms with E-state index in [1.807, 2.05) is 19.1 Å². The Morgan fingerprint density at radius 2 is 2.07 bits per heavy atom. The summed E-state index contributed by atoms with van der Waals surface area (Å²) < 4.78 is 5.10. The van der Waals surface area contributed by atoms with Crippen LogP contribution in [0, 0.1) is 5.92 Å². The van der Waals surface area contributed by atoms with Crippen molar-refractivity contribution >= 4 is 5.71 Å². The average Bonchev–Trinajstić information content (AvgIpc) is 3.08. The Hall–Kier alpha value is -1.51. The van der Waals surface area contributed by atoms with Crippen molar-refractivity contribution < 1.29 is 9.94 Å². The first-order valence-electron chi connectivity index (χ1n) is 5.08. The second-order valence-electron chi connectivity index (χ2n) is 3.96. The lowest BCUT2D eigenvalue weighted by atomic mass is 10.1. The molecule has 0 unspecified atom stereocenters. The van der Waals surface area contributed by atoms with Gasteiger partial charge in [0, 0.05) is 5.92 Å². The topological polar surface area (TPSA) is 41.8 Å². The van der Waals surface area contributed by atoms with Gasteiger partial charge in [-0.2, -0.15) is 0 Å². The fourth-order valence-electron chi connectivity index (χ4n) is 1.95. The SMILES string of the molecule is COc1ccc([C@H]2C[C@@H]2/C(C)=N\O)cc1. The van der Waals surface area contributed by atoms with Crippen molar-refractivity contribution in [1.29, 1.82) is 0 Å². The molecule has 1 aromatic rings. The molecule has 0 spiro atoms. The van der Waals surface area contributed by atoms with Gasteiger partial charge in [-0.25, -0.2) is 0 Å². The van der Waals surface area contributed by atoms with Crippen LogP contribution >= 0.6 is 0 Å². The first-order chi connectivity index (χ1) is 7.26. The summed E-state index contributed by atoms with van der Waals surface area (Å²) in [4.78, 5) is 0. The maximum absolute atomic E-state index is 8.66. The van der Waals surface area contributed by atoms with Gasteiger partial charge in [-0.05, 0) is 37.0 Å². The molecule has 0 aromatic heterocycles. The van der Waals surface area contributed by atoms with Crippen LogP contribution in [-0.2, 0) is 0 Å². The molecule has 1 fully saturated rings. The van der Waals surface area contributed by atoms with E-state index < -0.39 is 0 Å². The third-order valence-corrected chi connectivity index (χ3v) is 3.03. The molecule has 0 saturated heterocycles. The Morgan fingerprint density at radius 1 is 1.40 bits per heavy atom. The predicted molar refractivity (Wildman–Crippen MR) is 58.7 cm³/mol. The first-order valence-corrected chi connectivity index (χ1v) is 5.08. The summed E-state index contributed by atoms with van der Waals surface area (Å²) in [5, 5.41) is 11.9. The maximum Gasteiger partial charge on any atom is 0.118 e. The summed E-state index contributed by atoms with van der Waals surface area (Å²) >= 11 is 0. The zero-order valence-corrected chi connectivity index (χ0v) is 8.97. The van der Waals surface area contributed by atoms with Crippen molar-refractivity contribution in [3.8, 4) is 5.75 Å². The molecule has 0 heterocycles. The molecule has 1 saturated carbocycles. The number of ether oxygens (including phenoxy) is 1. The molecular weight excluding hydrogens is 190 g/mol. The van der Waals surface area contributed by atoms with Gasteiger partial charge in [0.1, 0.15) is 5.75 Å². The summed E-state index contributed by atoms with van der Waals surface area (Å²) in [5.41, 5.74) is 2.12. The molecule has 0 amide bonds. The number of rotatable bonds is 3. The normalized spacial score (nSPS) is 25.1. The number of nitrogens with zero attached hydrogens (tertiary/aromatic N) is 1. The third kappa shape index (κ3) is 1.96. The summed E-state index contributed by atoms with van der Waals surface area (Å²) in [5.74, 6) is 1.82. The smallest absolute Gasteiger partial charge is 0.118 e. The molecule has 3 nitrogen and oxygen atoms in total. The second kappa shape index (κ2) is 3.93. The van der Waals surface area contributed by atoms with E-state index in [9.17, 15) is 0 Å². The highest BCUT2D eigenvalue weighted by Crippen LogP contribution is 2.48. The largest absolute Gasteiger partial charge is 0.497 e. The van der Waals surface area contributed by atoms with Crippen LogP contribution in [0.5, 0.6) is 5.75 Å². The molecule has 0 aliphatic heterocycles. The lowest BCUT2D eigenvalue weighted by Crippen LogP contribution is -1.96. The summed E-state index contributed by atoms with van der Waals surface area (Å²) in [7, 11) is 1.66. The van der Waals surface area contributed by atoms with Gasteiger partial charge in [0.2, 0.25) is 0 Å². The molecule has 1 aliphatic rings. The number of oxime groups is 1. The van der Waals surface area contributed by atoms with Crippen LogP contribution in [0.1, 0.15) is 24.8 Å². The van der Waals surface area contributed by atoms with Gasteiger partial charge >= 0.3 is 0 Å². The molecule has 80 valence electrons.